The van der Waals surface area contributed by atoms with Gasteiger partial charge in [0.05, 0.1) is 26.2 Å². The van der Waals surface area contributed by atoms with Gasteiger partial charge in [0, 0.05) is 38.1 Å². The van der Waals surface area contributed by atoms with Crippen LogP contribution in [0.1, 0.15) is 18.4 Å². The van der Waals surface area contributed by atoms with Gasteiger partial charge in [-0.05, 0) is 30.5 Å². The lowest BCUT2D eigenvalue weighted by molar-refractivity contribution is -0.157. The van der Waals surface area contributed by atoms with Gasteiger partial charge in [-0.25, -0.2) is 0 Å². The van der Waals surface area contributed by atoms with E-state index in [4.69, 9.17) is 14.2 Å². The van der Waals surface area contributed by atoms with Gasteiger partial charge in [0.25, 0.3) is 0 Å². The molecule has 0 unspecified atom stereocenters. The number of aliphatic carboxylic acids is 1. The summed E-state index contributed by atoms with van der Waals surface area (Å²) in [6.07, 6.45) is 1.33. The van der Waals surface area contributed by atoms with Crippen molar-refractivity contribution < 1.29 is 28.9 Å². The Morgan fingerprint density at radius 2 is 1.96 bits per heavy atom. The Balaban J connectivity index is 1.65. The number of carbonyl (C=O) groups is 2. The summed E-state index contributed by atoms with van der Waals surface area (Å²) in [7, 11) is 3.17. The van der Waals surface area contributed by atoms with Crippen LogP contribution in [0.5, 0.6) is 11.5 Å². The lowest BCUT2D eigenvalue weighted by Gasteiger charge is -2.33. The van der Waals surface area contributed by atoms with E-state index < -0.39 is 11.4 Å². The Morgan fingerprint density at radius 3 is 2.54 bits per heavy atom. The Morgan fingerprint density at radius 1 is 1.27 bits per heavy atom. The molecule has 0 spiro atoms. The number of likely N-dealkylation sites (tertiary alicyclic amines) is 1. The molecule has 0 aromatic heterocycles. The maximum atomic E-state index is 12.7. The summed E-state index contributed by atoms with van der Waals surface area (Å²) in [5.74, 6) is 0.386. The molecule has 142 valence electrons. The number of hydrogen-bond donors (Lipinski definition) is 1. The molecule has 2 saturated heterocycles. The number of benzene rings is 1. The molecule has 2 fully saturated rings. The summed E-state index contributed by atoms with van der Waals surface area (Å²) in [5.41, 5.74) is 0.0926. The monoisotopic (exact) mass is 363 g/mol. The molecular formula is C19H25NO6. The maximum Gasteiger partial charge on any atom is 0.311 e. The Labute approximate surface area is 152 Å². The van der Waals surface area contributed by atoms with E-state index in [1.165, 1.54) is 0 Å². The number of carboxylic acids is 1. The number of rotatable bonds is 6. The minimum absolute atomic E-state index is 0.0261. The number of amides is 1. The van der Waals surface area contributed by atoms with E-state index in [-0.39, 0.29) is 18.4 Å². The third-order valence-corrected chi connectivity index (χ3v) is 5.52. The van der Waals surface area contributed by atoms with Crippen LogP contribution in [0.4, 0.5) is 0 Å². The molecule has 2 aliphatic heterocycles. The van der Waals surface area contributed by atoms with Crippen molar-refractivity contribution in [2.45, 2.75) is 19.3 Å². The molecule has 1 aromatic carbocycles. The van der Waals surface area contributed by atoms with Crippen LogP contribution in [0.2, 0.25) is 0 Å². The topological polar surface area (TPSA) is 85.3 Å². The normalized spacial score (nSPS) is 24.8. The highest BCUT2D eigenvalue weighted by atomic mass is 16.5. The summed E-state index contributed by atoms with van der Waals surface area (Å²) in [4.78, 5) is 26.2. The molecular weight excluding hydrogens is 338 g/mol. The van der Waals surface area contributed by atoms with Crippen LogP contribution in [0.3, 0.4) is 0 Å². The van der Waals surface area contributed by atoms with E-state index in [0.717, 1.165) is 5.56 Å². The largest absolute Gasteiger partial charge is 0.497 e. The van der Waals surface area contributed by atoms with Crippen molar-refractivity contribution >= 4 is 11.9 Å². The molecule has 0 radical (unpaired) electrons. The molecule has 2 heterocycles. The van der Waals surface area contributed by atoms with Crippen molar-refractivity contribution in [2.24, 2.45) is 11.3 Å². The highest BCUT2D eigenvalue weighted by Crippen LogP contribution is 2.42. The van der Waals surface area contributed by atoms with Crippen LogP contribution >= 0.6 is 0 Å². The van der Waals surface area contributed by atoms with E-state index in [1.54, 1.807) is 25.2 Å². The predicted molar refractivity (Wildman–Crippen MR) is 93.4 cm³/mol. The number of fused-ring (bicyclic) bond motifs is 1. The summed E-state index contributed by atoms with van der Waals surface area (Å²) >= 11 is 0. The van der Waals surface area contributed by atoms with Crippen molar-refractivity contribution in [1.82, 2.24) is 4.90 Å². The lowest BCUT2D eigenvalue weighted by atomic mass is 9.74. The predicted octanol–water partition coefficient (Wildman–Crippen LogP) is 1.59. The maximum absolute atomic E-state index is 12.7. The molecule has 26 heavy (non-hydrogen) atoms. The van der Waals surface area contributed by atoms with Crippen LogP contribution in [-0.4, -0.2) is 62.4 Å². The molecule has 2 atom stereocenters. The van der Waals surface area contributed by atoms with Crippen LogP contribution in [-0.2, 0) is 20.7 Å². The number of nitrogens with zero attached hydrogens (tertiary/aromatic N) is 1. The Bertz CT molecular complexity index is 668. The van der Waals surface area contributed by atoms with Crippen molar-refractivity contribution in [3.05, 3.63) is 23.8 Å². The summed E-state index contributed by atoms with van der Waals surface area (Å²) in [6.45, 7) is 1.57. The number of ether oxygens (including phenoxy) is 3. The first-order chi connectivity index (χ1) is 12.5. The molecule has 0 saturated carbocycles. The molecule has 3 rings (SSSR count). The SMILES string of the molecule is COc1cc(CCC(=O)N2C[C@H]3COCC[C@@]3(C(=O)O)C2)cc(OC)c1. The van der Waals surface area contributed by atoms with Crippen LogP contribution < -0.4 is 9.47 Å². The quantitative estimate of drug-likeness (QED) is 0.826. The molecule has 2 aliphatic rings. The fourth-order valence-electron chi connectivity index (χ4n) is 3.91. The molecule has 0 bridgehead atoms. The number of methoxy groups -OCH3 is 2. The second-order valence-electron chi connectivity index (χ2n) is 6.98. The zero-order chi connectivity index (χ0) is 18.7. The average Bonchev–Trinajstić information content (AvgIpc) is 3.07. The highest BCUT2D eigenvalue weighted by molar-refractivity contribution is 5.81. The first-order valence-electron chi connectivity index (χ1n) is 8.79. The highest BCUT2D eigenvalue weighted by Gasteiger charge is 2.54. The van der Waals surface area contributed by atoms with Gasteiger partial charge in [-0.1, -0.05) is 0 Å². The van der Waals surface area contributed by atoms with Gasteiger partial charge in [0.1, 0.15) is 11.5 Å². The Hall–Kier alpha value is -2.28. The van der Waals surface area contributed by atoms with Crippen molar-refractivity contribution in [3.63, 3.8) is 0 Å². The van der Waals surface area contributed by atoms with Crippen molar-refractivity contribution in [3.8, 4) is 11.5 Å². The molecule has 1 aromatic rings. The second-order valence-corrected chi connectivity index (χ2v) is 6.98. The van der Waals surface area contributed by atoms with Gasteiger partial charge in [-0.3, -0.25) is 9.59 Å². The first-order valence-corrected chi connectivity index (χ1v) is 8.79. The number of carboxylic acid groups (broad SMARTS) is 1. The van der Waals surface area contributed by atoms with Gasteiger partial charge in [-0.2, -0.15) is 0 Å². The molecule has 0 aliphatic carbocycles. The average molecular weight is 363 g/mol. The van der Waals surface area contributed by atoms with Gasteiger partial charge in [-0.15, -0.1) is 0 Å². The van der Waals surface area contributed by atoms with Crippen LogP contribution in [0, 0.1) is 11.3 Å². The van der Waals surface area contributed by atoms with Gasteiger partial charge >= 0.3 is 5.97 Å². The van der Waals surface area contributed by atoms with Gasteiger partial charge in [0.15, 0.2) is 0 Å². The first kappa shape index (κ1) is 18.5. The standard InChI is InChI=1S/C19H25NO6/c1-24-15-7-13(8-16(9-15)25-2)3-4-17(21)20-10-14-11-26-6-5-19(14,12-20)18(22)23/h7-9,14H,3-6,10-12H2,1-2H3,(H,22,23)/t14-,19+/m0/s1. The Kier molecular flexibility index (Phi) is 5.36. The molecule has 1 N–H and O–H groups in total. The van der Waals surface area contributed by atoms with E-state index in [1.807, 2.05) is 12.1 Å². The van der Waals surface area contributed by atoms with Gasteiger partial charge < -0.3 is 24.2 Å². The zero-order valence-electron chi connectivity index (χ0n) is 15.2. The lowest BCUT2D eigenvalue weighted by Crippen LogP contribution is -2.45. The van der Waals surface area contributed by atoms with E-state index in [0.29, 0.717) is 50.5 Å². The summed E-state index contributed by atoms with van der Waals surface area (Å²) < 4.78 is 15.9. The van der Waals surface area contributed by atoms with Gasteiger partial charge in [0.2, 0.25) is 5.91 Å². The van der Waals surface area contributed by atoms with E-state index in [9.17, 15) is 14.7 Å². The summed E-state index contributed by atoms with van der Waals surface area (Å²) in [5, 5.41) is 9.70. The summed E-state index contributed by atoms with van der Waals surface area (Å²) in [6, 6.07) is 5.55. The molecule has 1 amide bonds. The van der Waals surface area contributed by atoms with Crippen molar-refractivity contribution in [2.75, 3.05) is 40.5 Å². The van der Waals surface area contributed by atoms with Crippen LogP contribution in [0.25, 0.3) is 0 Å². The second kappa shape index (κ2) is 7.53. The van der Waals surface area contributed by atoms with E-state index >= 15 is 0 Å². The number of carbonyl (C=O) groups excluding carboxylic acids is 1. The minimum atomic E-state index is -0.854. The fraction of sp³-hybridized carbons (Fsp3) is 0.579. The zero-order valence-corrected chi connectivity index (χ0v) is 15.2. The van der Waals surface area contributed by atoms with Crippen LogP contribution in [0.15, 0.2) is 18.2 Å². The minimum Gasteiger partial charge on any atom is -0.497 e. The third kappa shape index (κ3) is 3.49. The molecule has 7 heteroatoms. The number of aryl methyl sites for hydroxylation is 1. The van der Waals surface area contributed by atoms with E-state index in [2.05, 4.69) is 0 Å². The fourth-order valence-corrected chi connectivity index (χ4v) is 3.91. The van der Waals surface area contributed by atoms with Crippen molar-refractivity contribution in [1.29, 1.82) is 0 Å². The third-order valence-electron chi connectivity index (χ3n) is 5.52. The molecule has 7 nitrogen and oxygen atoms in total. The smallest absolute Gasteiger partial charge is 0.311 e. The number of hydrogen-bond acceptors (Lipinski definition) is 5.